The van der Waals surface area contributed by atoms with Crippen LogP contribution >= 0.6 is 0 Å². The summed E-state index contributed by atoms with van der Waals surface area (Å²) in [4.78, 5) is 24.7. The number of alkyl halides is 3. The number of aromatic nitrogens is 1. The van der Waals surface area contributed by atoms with E-state index in [4.69, 9.17) is 0 Å². The Balaban J connectivity index is 1.90. The normalized spacial score (nSPS) is 11.4. The number of amides is 1. The topological polar surface area (TPSA) is 60.3 Å². The van der Waals surface area contributed by atoms with Gasteiger partial charge in [-0.05, 0) is 31.0 Å². The van der Waals surface area contributed by atoms with Crippen molar-refractivity contribution in [2.75, 3.05) is 19.8 Å². The van der Waals surface area contributed by atoms with Crippen LogP contribution in [0.4, 0.5) is 13.2 Å². The van der Waals surface area contributed by atoms with Crippen molar-refractivity contribution >= 4 is 5.91 Å². The maximum Gasteiger partial charge on any atom is 0.411 e. The quantitative estimate of drug-likeness (QED) is 0.715. The Morgan fingerprint density at radius 2 is 2.00 bits per heavy atom. The molecule has 5 nitrogen and oxygen atoms in total. The fraction of sp³-hybridized carbons (Fsp3) is 0.368. The SMILES string of the molecule is Cc1cccc(Cn2cccc(C(=O)NCCCOCC(F)(F)F)c2=O)c1. The van der Waals surface area contributed by atoms with E-state index in [0.29, 0.717) is 6.54 Å². The molecule has 0 saturated heterocycles. The minimum absolute atomic E-state index is 0.0126. The highest BCUT2D eigenvalue weighted by atomic mass is 19.4. The van der Waals surface area contributed by atoms with Crippen molar-refractivity contribution in [2.45, 2.75) is 26.1 Å². The molecule has 0 aliphatic rings. The molecule has 0 radical (unpaired) electrons. The number of rotatable bonds is 8. The lowest BCUT2D eigenvalue weighted by molar-refractivity contribution is -0.173. The Morgan fingerprint density at radius 3 is 2.70 bits per heavy atom. The van der Waals surface area contributed by atoms with Gasteiger partial charge in [-0.15, -0.1) is 0 Å². The molecule has 8 heteroatoms. The van der Waals surface area contributed by atoms with E-state index in [9.17, 15) is 22.8 Å². The molecule has 0 spiro atoms. The van der Waals surface area contributed by atoms with Gasteiger partial charge in [0.05, 0.1) is 6.54 Å². The Bertz CT molecular complexity index is 831. The van der Waals surface area contributed by atoms with Crippen molar-refractivity contribution in [3.8, 4) is 0 Å². The van der Waals surface area contributed by atoms with Gasteiger partial charge >= 0.3 is 6.18 Å². The molecular formula is C19H21F3N2O3. The van der Waals surface area contributed by atoms with Crippen LogP contribution in [-0.4, -0.2) is 36.4 Å². The lowest BCUT2D eigenvalue weighted by Crippen LogP contribution is -2.33. The van der Waals surface area contributed by atoms with E-state index in [1.165, 1.54) is 10.6 Å². The number of carbonyl (C=O) groups is 1. The van der Waals surface area contributed by atoms with Crippen molar-refractivity contribution in [1.29, 1.82) is 0 Å². The van der Waals surface area contributed by atoms with Gasteiger partial charge in [0.2, 0.25) is 0 Å². The number of benzene rings is 1. The molecule has 1 heterocycles. The van der Waals surface area contributed by atoms with Gasteiger partial charge in [0.25, 0.3) is 11.5 Å². The van der Waals surface area contributed by atoms with Gasteiger partial charge in [-0.25, -0.2) is 0 Å². The van der Waals surface area contributed by atoms with Crippen LogP contribution in [0.25, 0.3) is 0 Å². The molecule has 0 unspecified atom stereocenters. The van der Waals surface area contributed by atoms with E-state index in [1.807, 2.05) is 31.2 Å². The molecule has 2 rings (SSSR count). The average Bonchev–Trinajstić information content (AvgIpc) is 2.59. The summed E-state index contributed by atoms with van der Waals surface area (Å²) in [6.45, 7) is 0.958. The summed E-state index contributed by atoms with van der Waals surface area (Å²) in [7, 11) is 0. The monoisotopic (exact) mass is 382 g/mol. The number of aryl methyl sites for hydroxylation is 1. The summed E-state index contributed by atoms with van der Waals surface area (Å²) in [5.41, 5.74) is 1.57. The largest absolute Gasteiger partial charge is 0.411 e. The molecule has 1 N–H and O–H groups in total. The Kier molecular flexibility index (Phi) is 7.18. The van der Waals surface area contributed by atoms with E-state index in [0.717, 1.165) is 11.1 Å². The number of ether oxygens (including phenoxy) is 1. The van der Waals surface area contributed by atoms with E-state index >= 15 is 0 Å². The van der Waals surface area contributed by atoms with Crippen molar-refractivity contribution in [2.24, 2.45) is 0 Å². The van der Waals surface area contributed by atoms with E-state index in [-0.39, 0.29) is 25.1 Å². The third-order valence-corrected chi connectivity index (χ3v) is 3.72. The van der Waals surface area contributed by atoms with Crippen LogP contribution in [-0.2, 0) is 11.3 Å². The Morgan fingerprint density at radius 1 is 1.22 bits per heavy atom. The fourth-order valence-electron chi connectivity index (χ4n) is 2.50. The van der Waals surface area contributed by atoms with Gasteiger partial charge in [-0.3, -0.25) is 9.59 Å². The number of hydrogen-bond acceptors (Lipinski definition) is 3. The number of carbonyl (C=O) groups excluding carboxylic acids is 1. The summed E-state index contributed by atoms with van der Waals surface area (Å²) in [5, 5.41) is 2.52. The Hall–Kier alpha value is -2.61. The van der Waals surface area contributed by atoms with Gasteiger partial charge in [0, 0.05) is 19.3 Å². The molecule has 0 aliphatic carbocycles. The van der Waals surface area contributed by atoms with Gasteiger partial charge in [-0.1, -0.05) is 29.8 Å². The minimum Gasteiger partial charge on any atom is -0.372 e. The van der Waals surface area contributed by atoms with Crippen LogP contribution in [0.5, 0.6) is 0 Å². The lowest BCUT2D eigenvalue weighted by atomic mass is 10.1. The molecule has 1 aromatic carbocycles. The first kappa shape index (κ1) is 20.7. The molecular weight excluding hydrogens is 361 g/mol. The van der Waals surface area contributed by atoms with Crippen LogP contribution in [0, 0.1) is 6.92 Å². The third kappa shape index (κ3) is 6.90. The second-order valence-electron chi connectivity index (χ2n) is 6.12. The number of halogens is 3. The van der Waals surface area contributed by atoms with Crippen molar-refractivity contribution in [1.82, 2.24) is 9.88 Å². The molecule has 1 amide bonds. The maximum absolute atomic E-state index is 12.5. The first-order valence-corrected chi connectivity index (χ1v) is 8.44. The first-order valence-electron chi connectivity index (χ1n) is 8.44. The smallest absolute Gasteiger partial charge is 0.372 e. The molecule has 27 heavy (non-hydrogen) atoms. The zero-order valence-corrected chi connectivity index (χ0v) is 14.9. The highest BCUT2D eigenvalue weighted by Crippen LogP contribution is 2.14. The molecule has 2 aromatic rings. The maximum atomic E-state index is 12.5. The summed E-state index contributed by atoms with van der Waals surface area (Å²) < 4.78 is 41.7. The lowest BCUT2D eigenvalue weighted by Gasteiger charge is -2.10. The molecule has 0 atom stereocenters. The second-order valence-corrected chi connectivity index (χ2v) is 6.12. The molecule has 1 aromatic heterocycles. The summed E-state index contributed by atoms with van der Waals surface area (Å²) in [6.07, 6.45) is -2.55. The molecule has 0 saturated carbocycles. The zero-order chi connectivity index (χ0) is 19.9. The number of hydrogen-bond donors (Lipinski definition) is 1. The van der Waals surface area contributed by atoms with Crippen LogP contribution in [0.1, 0.15) is 27.9 Å². The molecule has 0 bridgehead atoms. The van der Waals surface area contributed by atoms with E-state index < -0.39 is 24.2 Å². The number of pyridine rings is 1. The predicted octanol–water partition coefficient (Wildman–Crippen LogP) is 2.90. The summed E-state index contributed by atoms with van der Waals surface area (Å²) >= 11 is 0. The first-order chi connectivity index (χ1) is 12.8. The third-order valence-electron chi connectivity index (χ3n) is 3.72. The van der Waals surface area contributed by atoms with Crippen LogP contribution in [0.2, 0.25) is 0 Å². The standard InChI is InChI=1S/C19H21F3N2O3/c1-14-5-2-6-15(11-14)12-24-9-3-7-16(18(24)26)17(25)23-8-4-10-27-13-19(20,21)22/h2-3,5-7,9,11H,4,8,10,12-13H2,1H3,(H,23,25). The number of nitrogens with one attached hydrogen (secondary N) is 1. The van der Waals surface area contributed by atoms with Crippen molar-refractivity contribution in [3.05, 3.63) is 69.6 Å². The molecule has 0 aliphatic heterocycles. The van der Waals surface area contributed by atoms with Crippen molar-refractivity contribution in [3.63, 3.8) is 0 Å². The van der Waals surface area contributed by atoms with E-state index in [1.54, 1.807) is 12.3 Å². The van der Waals surface area contributed by atoms with Gasteiger partial charge in [-0.2, -0.15) is 13.2 Å². The van der Waals surface area contributed by atoms with Gasteiger partial charge in [0.1, 0.15) is 12.2 Å². The zero-order valence-electron chi connectivity index (χ0n) is 14.9. The Labute approximate surface area is 154 Å². The highest BCUT2D eigenvalue weighted by molar-refractivity contribution is 5.93. The summed E-state index contributed by atoms with van der Waals surface area (Å²) in [5.74, 6) is -0.561. The second kappa shape index (κ2) is 9.36. The van der Waals surface area contributed by atoms with Crippen molar-refractivity contribution < 1.29 is 22.7 Å². The predicted molar refractivity (Wildman–Crippen MR) is 94.8 cm³/mol. The fourth-order valence-corrected chi connectivity index (χ4v) is 2.50. The summed E-state index contributed by atoms with van der Waals surface area (Å²) in [6, 6.07) is 10.7. The average molecular weight is 382 g/mol. The van der Waals surface area contributed by atoms with Crippen LogP contribution < -0.4 is 10.9 Å². The number of nitrogens with zero attached hydrogens (tertiary/aromatic N) is 1. The molecule has 0 fully saturated rings. The highest BCUT2D eigenvalue weighted by Gasteiger charge is 2.27. The molecule has 146 valence electrons. The van der Waals surface area contributed by atoms with E-state index in [2.05, 4.69) is 10.1 Å². The van der Waals surface area contributed by atoms with Crippen LogP contribution in [0.15, 0.2) is 47.4 Å². The van der Waals surface area contributed by atoms with Gasteiger partial charge in [0.15, 0.2) is 0 Å². The van der Waals surface area contributed by atoms with Crippen LogP contribution in [0.3, 0.4) is 0 Å². The minimum atomic E-state index is -4.37. The van der Waals surface area contributed by atoms with Gasteiger partial charge < -0.3 is 14.6 Å².